The van der Waals surface area contributed by atoms with Crippen molar-refractivity contribution in [2.24, 2.45) is 11.8 Å². The first-order valence-corrected chi connectivity index (χ1v) is 7.77. The van der Waals surface area contributed by atoms with Gasteiger partial charge in [0, 0.05) is 5.92 Å². The number of aliphatic hydroxyl groups excluding tert-OH is 1. The van der Waals surface area contributed by atoms with Crippen LogP contribution >= 0.6 is 0 Å². The Kier molecular flexibility index (Phi) is 4.12. The van der Waals surface area contributed by atoms with E-state index in [2.05, 4.69) is 6.92 Å². The normalized spacial score (nSPS) is 35.8. The van der Waals surface area contributed by atoms with Crippen LogP contribution < -0.4 is 0 Å². The number of fused-ring (bicyclic) bond motifs is 2. The van der Waals surface area contributed by atoms with Crippen molar-refractivity contribution in [2.75, 3.05) is 0 Å². The number of aliphatic hydroxyl groups is 1. The number of carboxylic acid groups (broad SMARTS) is 1. The van der Waals surface area contributed by atoms with E-state index in [4.69, 9.17) is 9.47 Å². The fourth-order valence-electron chi connectivity index (χ4n) is 3.64. The second-order valence-electron chi connectivity index (χ2n) is 6.42. The highest BCUT2D eigenvalue weighted by Gasteiger charge is 2.52. The zero-order chi connectivity index (χ0) is 16.7. The second kappa shape index (κ2) is 5.94. The molecule has 0 saturated carbocycles. The molecule has 2 fully saturated rings. The zero-order valence-corrected chi connectivity index (χ0v) is 13.0. The number of esters is 1. The van der Waals surface area contributed by atoms with Crippen molar-refractivity contribution in [1.29, 1.82) is 0 Å². The zero-order valence-electron chi connectivity index (χ0n) is 13.0. The van der Waals surface area contributed by atoms with E-state index in [9.17, 15) is 19.8 Å². The van der Waals surface area contributed by atoms with E-state index in [-0.39, 0.29) is 29.3 Å². The Labute approximate surface area is 134 Å². The number of rotatable bonds is 3. The summed E-state index contributed by atoms with van der Waals surface area (Å²) >= 11 is 0. The Hall–Kier alpha value is -1.92. The van der Waals surface area contributed by atoms with Crippen LogP contribution in [0, 0.1) is 11.8 Å². The first kappa shape index (κ1) is 16.0. The summed E-state index contributed by atoms with van der Waals surface area (Å²) in [6, 6.07) is 5.88. The van der Waals surface area contributed by atoms with Crippen LogP contribution in [0.5, 0.6) is 0 Å². The van der Waals surface area contributed by atoms with Gasteiger partial charge < -0.3 is 19.7 Å². The molecule has 0 aliphatic carbocycles. The van der Waals surface area contributed by atoms with Gasteiger partial charge in [0.05, 0.1) is 29.4 Å². The molecule has 6 heteroatoms. The summed E-state index contributed by atoms with van der Waals surface area (Å²) in [4.78, 5) is 23.6. The molecule has 23 heavy (non-hydrogen) atoms. The number of hydrogen-bond acceptors (Lipinski definition) is 5. The average Bonchev–Trinajstić information content (AvgIpc) is 2.88. The van der Waals surface area contributed by atoms with Crippen LogP contribution in [-0.4, -0.2) is 46.6 Å². The Balaban J connectivity index is 1.82. The lowest BCUT2D eigenvalue weighted by Gasteiger charge is -2.38. The minimum Gasteiger partial charge on any atom is -0.478 e. The molecule has 6 atom stereocenters. The van der Waals surface area contributed by atoms with Gasteiger partial charge in [0.25, 0.3) is 0 Å². The molecule has 2 N–H and O–H groups in total. The predicted molar refractivity (Wildman–Crippen MR) is 80.2 cm³/mol. The van der Waals surface area contributed by atoms with Gasteiger partial charge in [-0.2, -0.15) is 0 Å². The summed E-state index contributed by atoms with van der Waals surface area (Å²) in [5, 5.41) is 19.6. The van der Waals surface area contributed by atoms with Crippen molar-refractivity contribution in [1.82, 2.24) is 0 Å². The van der Waals surface area contributed by atoms with E-state index in [0.717, 1.165) is 0 Å². The van der Waals surface area contributed by atoms with Crippen molar-refractivity contribution in [3.8, 4) is 0 Å². The van der Waals surface area contributed by atoms with Gasteiger partial charge >= 0.3 is 11.9 Å². The quantitative estimate of drug-likeness (QED) is 0.824. The van der Waals surface area contributed by atoms with E-state index in [1.165, 1.54) is 12.1 Å². The van der Waals surface area contributed by atoms with Crippen LogP contribution in [0.25, 0.3) is 0 Å². The number of benzene rings is 1. The molecule has 3 rings (SSSR count). The van der Waals surface area contributed by atoms with Crippen molar-refractivity contribution < 1.29 is 29.3 Å². The molecule has 1 aromatic rings. The largest absolute Gasteiger partial charge is 0.478 e. The highest BCUT2D eigenvalue weighted by molar-refractivity contribution is 6.02. The number of aromatic carboxylic acids is 1. The minimum absolute atomic E-state index is 0.0204. The Morgan fingerprint density at radius 3 is 2.52 bits per heavy atom. The molecular weight excluding hydrogens is 300 g/mol. The van der Waals surface area contributed by atoms with Gasteiger partial charge in [0.15, 0.2) is 6.10 Å². The molecule has 6 nitrogen and oxygen atoms in total. The van der Waals surface area contributed by atoms with Crippen molar-refractivity contribution in [3.63, 3.8) is 0 Å². The third kappa shape index (κ3) is 2.72. The van der Waals surface area contributed by atoms with Crippen LogP contribution in [0.15, 0.2) is 24.3 Å². The summed E-state index contributed by atoms with van der Waals surface area (Å²) < 4.78 is 11.3. The molecule has 2 aliphatic rings. The Bertz CT molecular complexity index is 625. The third-order valence-corrected chi connectivity index (χ3v) is 4.88. The molecule has 2 heterocycles. The van der Waals surface area contributed by atoms with E-state index < -0.39 is 24.1 Å². The summed E-state index contributed by atoms with van der Waals surface area (Å²) in [5.41, 5.74) is -0.137. The molecule has 0 aromatic heterocycles. The molecular formula is C17H20O6. The fourth-order valence-corrected chi connectivity index (χ4v) is 3.64. The SMILES string of the molecule is CC1CC2OC1C(C)[C@H](O)[C@@H]2OC(=O)c1ccccc1C(=O)O. The minimum atomic E-state index is -1.19. The van der Waals surface area contributed by atoms with Gasteiger partial charge in [0.1, 0.15) is 0 Å². The van der Waals surface area contributed by atoms with Crippen molar-refractivity contribution in [3.05, 3.63) is 35.4 Å². The Morgan fingerprint density at radius 1 is 1.22 bits per heavy atom. The maximum atomic E-state index is 12.4. The first-order chi connectivity index (χ1) is 10.9. The molecule has 4 unspecified atom stereocenters. The van der Waals surface area contributed by atoms with E-state index >= 15 is 0 Å². The topological polar surface area (TPSA) is 93.1 Å². The lowest BCUT2D eigenvalue weighted by Crippen LogP contribution is -2.51. The van der Waals surface area contributed by atoms with E-state index in [1.54, 1.807) is 12.1 Å². The molecule has 124 valence electrons. The molecule has 2 aliphatic heterocycles. The number of hydrogen-bond donors (Lipinski definition) is 2. The molecule has 0 amide bonds. The molecule has 0 radical (unpaired) electrons. The molecule has 0 spiro atoms. The van der Waals surface area contributed by atoms with Crippen molar-refractivity contribution >= 4 is 11.9 Å². The highest BCUT2D eigenvalue weighted by atomic mass is 16.6. The summed E-state index contributed by atoms with van der Waals surface area (Å²) in [7, 11) is 0. The van der Waals surface area contributed by atoms with Gasteiger partial charge in [-0.25, -0.2) is 9.59 Å². The number of carboxylic acids is 1. The van der Waals surface area contributed by atoms with Crippen LogP contribution in [0.1, 0.15) is 41.0 Å². The smallest absolute Gasteiger partial charge is 0.339 e. The molecule has 1 aromatic carbocycles. The number of carbonyl (C=O) groups is 2. The van der Waals surface area contributed by atoms with E-state index in [0.29, 0.717) is 12.3 Å². The van der Waals surface area contributed by atoms with E-state index in [1.807, 2.05) is 6.92 Å². The van der Waals surface area contributed by atoms with Crippen molar-refractivity contribution in [2.45, 2.75) is 44.7 Å². The predicted octanol–water partition coefficient (Wildman–Crippen LogP) is 1.71. The highest BCUT2D eigenvalue weighted by Crippen LogP contribution is 2.41. The first-order valence-electron chi connectivity index (χ1n) is 7.77. The molecule has 2 bridgehead atoms. The van der Waals surface area contributed by atoms with Gasteiger partial charge in [-0.15, -0.1) is 0 Å². The monoisotopic (exact) mass is 320 g/mol. The maximum Gasteiger partial charge on any atom is 0.339 e. The lowest BCUT2D eigenvalue weighted by atomic mass is 9.89. The van der Waals surface area contributed by atoms with Gasteiger partial charge in [-0.1, -0.05) is 26.0 Å². The summed E-state index contributed by atoms with van der Waals surface area (Å²) in [6.07, 6.45) is -1.26. The standard InChI is InChI=1S/C17H20O6/c1-8-7-12-15(13(18)9(2)14(8)22-12)23-17(21)11-6-4-3-5-10(11)16(19)20/h3-6,8-9,12-15,18H,7H2,1-2H3,(H,19,20)/t8?,9?,12?,13-,14?,15+/m0/s1. The van der Waals surface area contributed by atoms with Crippen LogP contribution in [-0.2, 0) is 9.47 Å². The summed E-state index contributed by atoms with van der Waals surface area (Å²) in [5.74, 6) is -1.79. The van der Waals surface area contributed by atoms with Crippen LogP contribution in [0.2, 0.25) is 0 Å². The van der Waals surface area contributed by atoms with Crippen LogP contribution in [0.4, 0.5) is 0 Å². The second-order valence-corrected chi connectivity index (χ2v) is 6.42. The summed E-state index contributed by atoms with van der Waals surface area (Å²) in [6.45, 7) is 3.93. The Morgan fingerprint density at radius 2 is 1.87 bits per heavy atom. The third-order valence-electron chi connectivity index (χ3n) is 4.88. The van der Waals surface area contributed by atoms with Gasteiger partial charge in [-0.05, 0) is 24.5 Å². The average molecular weight is 320 g/mol. The number of ether oxygens (including phenoxy) is 2. The lowest BCUT2D eigenvalue weighted by molar-refractivity contribution is -0.170. The van der Waals surface area contributed by atoms with Gasteiger partial charge in [0.2, 0.25) is 0 Å². The number of carbonyl (C=O) groups excluding carboxylic acids is 1. The molecule has 2 saturated heterocycles. The maximum absolute atomic E-state index is 12.4. The van der Waals surface area contributed by atoms with Crippen LogP contribution in [0.3, 0.4) is 0 Å². The van der Waals surface area contributed by atoms with Gasteiger partial charge in [-0.3, -0.25) is 0 Å². The fraction of sp³-hybridized carbons (Fsp3) is 0.529.